The topological polar surface area (TPSA) is 78.0 Å². The highest BCUT2D eigenvalue weighted by Gasteiger charge is 2.48. The van der Waals surface area contributed by atoms with Gasteiger partial charge in [-0.3, -0.25) is 0 Å². The Morgan fingerprint density at radius 3 is 2.39 bits per heavy atom. The Kier molecular flexibility index (Phi) is 5.16. The van der Waals surface area contributed by atoms with Gasteiger partial charge in [0.25, 0.3) is 0 Å². The number of ether oxygens (including phenoxy) is 3. The zero-order valence-corrected chi connectivity index (χ0v) is 16.8. The number of nitrogens with zero attached hydrogens (tertiary/aromatic N) is 2. The fourth-order valence-corrected chi connectivity index (χ4v) is 6.29. The van der Waals surface area contributed by atoms with Crippen molar-refractivity contribution in [1.82, 2.24) is 9.29 Å². The van der Waals surface area contributed by atoms with Crippen molar-refractivity contribution >= 4 is 10.0 Å². The van der Waals surface area contributed by atoms with E-state index in [0.29, 0.717) is 30.2 Å². The molecule has 3 heterocycles. The molecule has 2 bridgehead atoms. The van der Waals surface area contributed by atoms with Crippen LogP contribution in [0.5, 0.6) is 17.4 Å². The van der Waals surface area contributed by atoms with Crippen LogP contribution in [0.2, 0.25) is 0 Å². The first-order chi connectivity index (χ1) is 13.5. The molecule has 2 aromatic rings. The normalized spacial score (nSPS) is 24.7. The summed E-state index contributed by atoms with van der Waals surface area (Å²) in [6.45, 7) is 0. The second kappa shape index (κ2) is 7.60. The predicted molar refractivity (Wildman–Crippen MR) is 103 cm³/mol. The average molecular weight is 404 g/mol. The lowest BCUT2D eigenvalue weighted by atomic mass is 10.0. The monoisotopic (exact) mass is 404 g/mol. The molecule has 0 saturated carbocycles. The van der Waals surface area contributed by atoms with E-state index in [-0.39, 0.29) is 23.1 Å². The lowest BCUT2D eigenvalue weighted by Gasteiger charge is -2.37. The van der Waals surface area contributed by atoms with E-state index in [4.69, 9.17) is 14.2 Å². The van der Waals surface area contributed by atoms with E-state index in [9.17, 15) is 8.42 Å². The van der Waals surface area contributed by atoms with Gasteiger partial charge in [-0.15, -0.1) is 0 Å². The van der Waals surface area contributed by atoms with Crippen molar-refractivity contribution in [3.05, 3.63) is 42.6 Å². The van der Waals surface area contributed by atoms with Gasteiger partial charge in [0.2, 0.25) is 15.9 Å². The summed E-state index contributed by atoms with van der Waals surface area (Å²) in [7, 11) is -0.675. The second-order valence-electron chi connectivity index (χ2n) is 7.12. The Balaban J connectivity index is 1.57. The third-order valence-electron chi connectivity index (χ3n) is 5.47. The SMILES string of the molecule is COc1ccc(S(=O)(=O)N2C3CCC2CC(Oc2ccccn2)C3)c(OC)c1. The molecule has 2 fully saturated rings. The fraction of sp³-hybridized carbons (Fsp3) is 0.450. The minimum absolute atomic E-state index is 0.0309. The summed E-state index contributed by atoms with van der Waals surface area (Å²) in [6.07, 6.45) is 4.65. The summed E-state index contributed by atoms with van der Waals surface area (Å²) in [5, 5.41) is 0. The smallest absolute Gasteiger partial charge is 0.247 e. The van der Waals surface area contributed by atoms with Crippen LogP contribution in [0.25, 0.3) is 0 Å². The molecule has 1 aromatic heterocycles. The number of piperidine rings is 1. The van der Waals surface area contributed by atoms with Crippen LogP contribution >= 0.6 is 0 Å². The van der Waals surface area contributed by atoms with Crippen LogP contribution in [0, 0.1) is 0 Å². The predicted octanol–water partition coefficient (Wildman–Crippen LogP) is 2.86. The Bertz CT molecular complexity index is 921. The molecule has 8 heteroatoms. The lowest BCUT2D eigenvalue weighted by molar-refractivity contribution is 0.0917. The zero-order valence-electron chi connectivity index (χ0n) is 15.9. The Morgan fingerprint density at radius 2 is 1.79 bits per heavy atom. The summed E-state index contributed by atoms with van der Waals surface area (Å²) in [5.74, 6) is 1.44. The number of benzene rings is 1. The number of methoxy groups -OCH3 is 2. The molecule has 28 heavy (non-hydrogen) atoms. The summed E-state index contributed by atoms with van der Waals surface area (Å²) in [6, 6.07) is 10.2. The average Bonchev–Trinajstić information content (AvgIpc) is 3.00. The minimum atomic E-state index is -3.68. The molecule has 0 amide bonds. The van der Waals surface area contributed by atoms with Gasteiger partial charge in [0.15, 0.2) is 0 Å². The molecule has 4 rings (SSSR count). The van der Waals surface area contributed by atoms with Gasteiger partial charge in [0.05, 0.1) is 14.2 Å². The highest BCUT2D eigenvalue weighted by Crippen LogP contribution is 2.42. The molecular weight excluding hydrogens is 380 g/mol. The summed E-state index contributed by atoms with van der Waals surface area (Å²) in [4.78, 5) is 4.39. The van der Waals surface area contributed by atoms with Crippen molar-refractivity contribution in [2.45, 2.75) is 48.8 Å². The molecule has 0 radical (unpaired) electrons. The van der Waals surface area contributed by atoms with E-state index >= 15 is 0 Å². The molecule has 0 aliphatic carbocycles. The van der Waals surface area contributed by atoms with Crippen molar-refractivity contribution in [2.24, 2.45) is 0 Å². The summed E-state index contributed by atoms with van der Waals surface area (Å²) < 4.78 is 45.1. The maximum absolute atomic E-state index is 13.4. The summed E-state index contributed by atoms with van der Waals surface area (Å²) >= 11 is 0. The van der Waals surface area contributed by atoms with Crippen LogP contribution in [0.1, 0.15) is 25.7 Å². The van der Waals surface area contributed by atoms with E-state index in [1.807, 2.05) is 18.2 Å². The fourth-order valence-electron chi connectivity index (χ4n) is 4.26. The molecule has 1 aromatic carbocycles. The maximum Gasteiger partial charge on any atom is 0.247 e. The molecule has 0 spiro atoms. The third kappa shape index (κ3) is 3.42. The standard InChI is InChI=1S/C20H24N2O5S/c1-25-16-8-9-19(18(13-16)26-2)28(23,24)22-14-6-7-15(22)12-17(11-14)27-20-5-3-4-10-21-20/h3-5,8-10,13-15,17H,6-7,11-12H2,1-2H3. The number of hydrogen-bond acceptors (Lipinski definition) is 6. The van der Waals surface area contributed by atoms with Crippen molar-refractivity contribution in [3.63, 3.8) is 0 Å². The first-order valence-corrected chi connectivity index (χ1v) is 10.8. The first kappa shape index (κ1) is 19.0. The number of fused-ring (bicyclic) bond motifs is 2. The molecular formula is C20H24N2O5S. The highest BCUT2D eigenvalue weighted by atomic mass is 32.2. The maximum atomic E-state index is 13.4. The molecule has 7 nitrogen and oxygen atoms in total. The lowest BCUT2D eigenvalue weighted by Crippen LogP contribution is -2.49. The molecule has 2 atom stereocenters. The van der Waals surface area contributed by atoms with Gasteiger partial charge in [0.1, 0.15) is 22.5 Å². The van der Waals surface area contributed by atoms with Gasteiger partial charge < -0.3 is 14.2 Å². The van der Waals surface area contributed by atoms with E-state index in [0.717, 1.165) is 12.8 Å². The van der Waals surface area contributed by atoms with Crippen molar-refractivity contribution in [3.8, 4) is 17.4 Å². The van der Waals surface area contributed by atoms with E-state index in [1.54, 1.807) is 28.7 Å². The minimum Gasteiger partial charge on any atom is -0.497 e. The van der Waals surface area contributed by atoms with Crippen LogP contribution in [-0.2, 0) is 10.0 Å². The highest BCUT2D eigenvalue weighted by molar-refractivity contribution is 7.89. The van der Waals surface area contributed by atoms with Crippen LogP contribution in [0.15, 0.2) is 47.5 Å². The Labute approximate surface area is 165 Å². The quantitative estimate of drug-likeness (QED) is 0.737. The largest absolute Gasteiger partial charge is 0.497 e. The molecule has 150 valence electrons. The third-order valence-corrected chi connectivity index (χ3v) is 7.52. The van der Waals surface area contributed by atoms with Crippen molar-refractivity contribution < 1.29 is 22.6 Å². The number of pyridine rings is 1. The first-order valence-electron chi connectivity index (χ1n) is 9.36. The Hall–Kier alpha value is -2.32. The van der Waals surface area contributed by atoms with Gasteiger partial charge >= 0.3 is 0 Å². The van der Waals surface area contributed by atoms with E-state index < -0.39 is 10.0 Å². The van der Waals surface area contributed by atoms with Gasteiger partial charge in [-0.05, 0) is 31.0 Å². The molecule has 2 aliphatic heterocycles. The number of rotatable bonds is 6. The van der Waals surface area contributed by atoms with E-state index in [2.05, 4.69) is 4.98 Å². The van der Waals surface area contributed by atoms with Crippen LogP contribution in [0.4, 0.5) is 0 Å². The van der Waals surface area contributed by atoms with Crippen LogP contribution in [-0.4, -0.2) is 50.1 Å². The molecule has 2 aliphatic rings. The second-order valence-corrected chi connectivity index (χ2v) is 8.93. The zero-order chi connectivity index (χ0) is 19.7. The van der Waals surface area contributed by atoms with E-state index in [1.165, 1.54) is 14.2 Å². The van der Waals surface area contributed by atoms with Gasteiger partial charge in [-0.25, -0.2) is 13.4 Å². The molecule has 2 unspecified atom stereocenters. The summed E-state index contributed by atoms with van der Waals surface area (Å²) in [5.41, 5.74) is 0. The number of aromatic nitrogens is 1. The number of sulfonamides is 1. The van der Waals surface area contributed by atoms with Crippen LogP contribution in [0.3, 0.4) is 0 Å². The van der Waals surface area contributed by atoms with Gasteiger partial charge in [-0.1, -0.05) is 6.07 Å². The van der Waals surface area contributed by atoms with Crippen LogP contribution < -0.4 is 14.2 Å². The van der Waals surface area contributed by atoms with Gasteiger partial charge in [-0.2, -0.15) is 4.31 Å². The number of hydrogen-bond donors (Lipinski definition) is 0. The Morgan fingerprint density at radius 1 is 1.04 bits per heavy atom. The van der Waals surface area contributed by atoms with Gasteiger partial charge in [0, 0.05) is 43.3 Å². The van der Waals surface area contributed by atoms with Crippen molar-refractivity contribution in [2.75, 3.05) is 14.2 Å². The van der Waals surface area contributed by atoms with Crippen molar-refractivity contribution in [1.29, 1.82) is 0 Å². The molecule has 0 N–H and O–H groups in total. The molecule has 2 saturated heterocycles.